The van der Waals surface area contributed by atoms with Crippen molar-refractivity contribution in [3.05, 3.63) is 26.9 Å². The third-order valence-corrected chi connectivity index (χ3v) is 4.71. The Morgan fingerprint density at radius 1 is 1.50 bits per heavy atom. The van der Waals surface area contributed by atoms with Gasteiger partial charge in [-0.05, 0) is 47.0 Å². The van der Waals surface area contributed by atoms with Gasteiger partial charge in [-0.2, -0.15) is 0 Å². The molecule has 2 rings (SSSR count). The molecule has 0 saturated heterocycles. The van der Waals surface area contributed by atoms with Crippen molar-refractivity contribution in [3.63, 3.8) is 0 Å². The minimum absolute atomic E-state index is 0.153. The summed E-state index contributed by atoms with van der Waals surface area (Å²) < 4.78 is 1.04. The first-order valence-electron chi connectivity index (χ1n) is 6.01. The van der Waals surface area contributed by atoms with Gasteiger partial charge >= 0.3 is 0 Å². The summed E-state index contributed by atoms with van der Waals surface area (Å²) in [6, 6.07) is 3.90. The van der Waals surface area contributed by atoms with E-state index in [1.807, 2.05) is 12.1 Å². The van der Waals surface area contributed by atoms with E-state index in [1.54, 1.807) is 17.4 Å². The van der Waals surface area contributed by atoms with Crippen LogP contribution in [0.4, 0.5) is 0 Å². The zero-order valence-electron chi connectivity index (χ0n) is 9.99. The fraction of sp³-hybridized carbons (Fsp3) is 0.462. The van der Waals surface area contributed by atoms with E-state index in [0.717, 1.165) is 34.3 Å². The molecule has 0 aliphatic heterocycles. The smallest absolute Gasteiger partial charge is 0.244 e. The average Bonchev–Trinajstić information content (AvgIpc) is 2.94. The van der Waals surface area contributed by atoms with E-state index in [2.05, 4.69) is 21.2 Å². The molecule has 3 nitrogen and oxygen atoms in total. The highest BCUT2D eigenvalue weighted by Gasteiger charge is 2.30. The van der Waals surface area contributed by atoms with Crippen molar-refractivity contribution in [1.82, 2.24) is 5.32 Å². The van der Waals surface area contributed by atoms with Crippen LogP contribution in [0.25, 0.3) is 6.08 Å². The second kappa shape index (κ2) is 5.99. The number of rotatable bonds is 4. The first-order valence-corrected chi connectivity index (χ1v) is 7.62. The lowest BCUT2D eigenvalue weighted by Gasteiger charge is -2.21. The maximum Gasteiger partial charge on any atom is 0.244 e. The molecule has 1 saturated carbocycles. The maximum atomic E-state index is 11.6. The average molecular weight is 330 g/mol. The van der Waals surface area contributed by atoms with Gasteiger partial charge in [-0.1, -0.05) is 12.8 Å². The van der Waals surface area contributed by atoms with Crippen LogP contribution < -0.4 is 5.32 Å². The zero-order valence-corrected chi connectivity index (χ0v) is 12.4. The number of nitrogens with one attached hydrogen (secondary N) is 1. The molecule has 0 bridgehead atoms. The number of aliphatic hydroxyl groups is 1. The summed E-state index contributed by atoms with van der Waals surface area (Å²) in [5, 5.41) is 12.8. The summed E-state index contributed by atoms with van der Waals surface area (Å²) >= 11 is 4.95. The van der Waals surface area contributed by atoms with Crippen molar-refractivity contribution < 1.29 is 9.90 Å². The van der Waals surface area contributed by atoms with Gasteiger partial charge in [-0.25, -0.2) is 0 Å². The standard InChI is InChI=1S/C13H16BrNO2S/c14-11-5-3-10(18-11)4-6-12(16)15-9-13(17)7-1-2-8-13/h3-6,17H,1-2,7-9H2,(H,15,16). The molecule has 98 valence electrons. The van der Waals surface area contributed by atoms with Gasteiger partial charge in [0.25, 0.3) is 0 Å². The molecular formula is C13H16BrNO2S. The maximum absolute atomic E-state index is 11.6. The molecule has 0 spiro atoms. The summed E-state index contributed by atoms with van der Waals surface area (Å²) in [4.78, 5) is 12.6. The molecule has 1 aliphatic carbocycles. The van der Waals surface area contributed by atoms with E-state index < -0.39 is 5.60 Å². The lowest BCUT2D eigenvalue weighted by atomic mass is 10.0. The number of thiophene rings is 1. The Kier molecular flexibility index (Phi) is 4.59. The Labute approximate surface area is 119 Å². The number of hydrogen-bond acceptors (Lipinski definition) is 3. The van der Waals surface area contributed by atoms with Gasteiger partial charge in [0.2, 0.25) is 5.91 Å². The molecule has 1 heterocycles. The van der Waals surface area contributed by atoms with Gasteiger partial charge in [0.15, 0.2) is 0 Å². The van der Waals surface area contributed by atoms with Crippen molar-refractivity contribution in [2.75, 3.05) is 6.54 Å². The van der Waals surface area contributed by atoms with Crippen LogP contribution >= 0.6 is 27.3 Å². The highest BCUT2D eigenvalue weighted by molar-refractivity contribution is 9.11. The number of hydrogen-bond donors (Lipinski definition) is 2. The lowest BCUT2D eigenvalue weighted by Crippen LogP contribution is -2.40. The van der Waals surface area contributed by atoms with Crippen LogP contribution in [0.3, 0.4) is 0 Å². The highest BCUT2D eigenvalue weighted by atomic mass is 79.9. The topological polar surface area (TPSA) is 49.3 Å². The Morgan fingerprint density at radius 2 is 2.22 bits per heavy atom. The van der Waals surface area contributed by atoms with E-state index in [9.17, 15) is 9.90 Å². The third-order valence-electron chi connectivity index (χ3n) is 3.12. The summed E-state index contributed by atoms with van der Waals surface area (Å²) in [6.45, 7) is 0.351. The summed E-state index contributed by atoms with van der Waals surface area (Å²) in [6.07, 6.45) is 6.96. The van der Waals surface area contributed by atoms with Crippen LogP contribution in [0, 0.1) is 0 Å². The quantitative estimate of drug-likeness (QED) is 0.834. The van der Waals surface area contributed by atoms with Crippen LogP contribution in [0.1, 0.15) is 30.6 Å². The van der Waals surface area contributed by atoms with Crippen LogP contribution in [0.15, 0.2) is 22.0 Å². The SMILES string of the molecule is O=C(C=Cc1ccc(Br)s1)NCC1(O)CCCC1. The predicted molar refractivity (Wildman–Crippen MR) is 77.5 cm³/mol. The summed E-state index contributed by atoms with van der Waals surface area (Å²) in [5.74, 6) is -0.153. The predicted octanol–water partition coefficient (Wildman–Crippen LogP) is 2.95. The van der Waals surface area contributed by atoms with Crippen LogP contribution in [-0.2, 0) is 4.79 Å². The Morgan fingerprint density at radius 3 is 2.83 bits per heavy atom. The minimum Gasteiger partial charge on any atom is -0.388 e. The first-order chi connectivity index (χ1) is 8.57. The Balaban J connectivity index is 1.80. The molecule has 1 aromatic rings. The minimum atomic E-state index is -0.685. The highest BCUT2D eigenvalue weighted by Crippen LogP contribution is 2.28. The van der Waals surface area contributed by atoms with Gasteiger partial charge in [0.05, 0.1) is 9.39 Å². The third kappa shape index (κ3) is 3.93. The monoisotopic (exact) mass is 329 g/mol. The van der Waals surface area contributed by atoms with Gasteiger partial charge in [0.1, 0.15) is 0 Å². The van der Waals surface area contributed by atoms with Crippen molar-refractivity contribution in [2.45, 2.75) is 31.3 Å². The van der Waals surface area contributed by atoms with E-state index in [1.165, 1.54) is 6.08 Å². The van der Waals surface area contributed by atoms with Crippen molar-refractivity contribution in [2.24, 2.45) is 0 Å². The van der Waals surface area contributed by atoms with E-state index >= 15 is 0 Å². The van der Waals surface area contributed by atoms with Gasteiger partial charge in [-0.3, -0.25) is 4.79 Å². The molecule has 5 heteroatoms. The van der Waals surface area contributed by atoms with E-state index in [-0.39, 0.29) is 5.91 Å². The zero-order chi connectivity index (χ0) is 13.0. The molecule has 0 radical (unpaired) electrons. The van der Waals surface area contributed by atoms with E-state index in [4.69, 9.17) is 0 Å². The Bertz CT molecular complexity index is 450. The van der Waals surface area contributed by atoms with Crippen LogP contribution in [0.2, 0.25) is 0 Å². The summed E-state index contributed by atoms with van der Waals surface area (Å²) in [7, 11) is 0. The van der Waals surface area contributed by atoms with Crippen molar-refractivity contribution in [1.29, 1.82) is 0 Å². The largest absolute Gasteiger partial charge is 0.388 e. The van der Waals surface area contributed by atoms with Gasteiger partial charge in [-0.15, -0.1) is 11.3 Å². The number of amides is 1. The van der Waals surface area contributed by atoms with Crippen LogP contribution in [-0.4, -0.2) is 23.2 Å². The molecular weight excluding hydrogens is 314 g/mol. The number of carbonyl (C=O) groups is 1. The molecule has 2 N–H and O–H groups in total. The lowest BCUT2D eigenvalue weighted by molar-refractivity contribution is -0.117. The van der Waals surface area contributed by atoms with Gasteiger partial charge < -0.3 is 10.4 Å². The second-order valence-corrected chi connectivity index (χ2v) is 7.12. The molecule has 1 aliphatic rings. The molecule has 1 fully saturated rings. The fourth-order valence-electron chi connectivity index (χ4n) is 2.10. The molecule has 1 amide bonds. The van der Waals surface area contributed by atoms with Crippen LogP contribution in [0.5, 0.6) is 0 Å². The number of carbonyl (C=O) groups excluding carboxylic acids is 1. The fourth-order valence-corrected chi connectivity index (χ4v) is 3.42. The normalized spacial score (nSPS) is 18.3. The van der Waals surface area contributed by atoms with Gasteiger partial charge in [0, 0.05) is 17.5 Å². The molecule has 0 aromatic carbocycles. The first kappa shape index (κ1) is 13.8. The molecule has 1 aromatic heterocycles. The van der Waals surface area contributed by atoms with Crippen molar-refractivity contribution >= 4 is 39.2 Å². The summed E-state index contributed by atoms with van der Waals surface area (Å²) in [5.41, 5.74) is -0.685. The second-order valence-electron chi connectivity index (χ2n) is 4.62. The number of halogens is 1. The molecule has 0 unspecified atom stereocenters. The Hall–Kier alpha value is -0.650. The van der Waals surface area contributed by atoms with Crippen molar-refractivity contribution in [3.8, 4) is 0 Å². The molecule has 0 atom stereocenters. The van der Waals surface area contributed by atoms with E-state index in [0.29, 0.717) is 6.54 Å². The molecule has 18 heavy (non-hydrogen) atoms.